The van der Waals surface area contributed by atoms with Gasteiger partial charge in [-0.1, -0.05) is 19.3 Å². The van der Waals surface area contributed by atoms with Gasteiger partial charge in [0.25, 0.3) is 0 Å². The summed E-state index contributed by atoms with van der Waals surface area (Å²) in [7, 11) is 1.56. The molecule has 0 aromatic heterocycles. The summed E-state index contributed by atoms with van der Waals surface area (Å²) in [5.74, 6) is -1.09. The van der Waals surface area contributed by atoms with Gasteiger partial charge in [0.2, 0.25) is 5.91 Å². The lowest BCUT2D eigenvalue weighted by Gasteiger charge is -2.33. The van der Waals surface area contributed by atoms with E-state index in [4.69, 9.17) is 9.47 Å². The number of aliphatic carboxylic acids is 1. The molecule has 6 nitrogen and oxygen atoms in total. The van der Waals surface area contributed by atoms with Crippen LogP contribution in [0.25, 0.3) is 0 Å². The molecule has 0 radical (unpaired) electrons. The normalized spacial score (nSPS) is 17.9. The highest BCUT2D eigenvalue weighted by Crippen LogP contribution is 2.35. The van der Waals surface area contributed by atoms with Gasteiger partial charge < -0.3 is 19.9 Å². The molecule has 1 saturated carbocycles. The summed E-state index contributed by atoms with van der Waals surface area (Å²) in [6.45, 7) is 0.925. The van der Waals surface area contributed by atoms with E-state index < -0.39 is 11.4 Å². The first-order valence-electron chi connectivity index (χ1n) is 6.67. The van der Waals surface area contributed by atoms with Gasteiger partial charge in [-0.15, -0.1) is 0 Å². The number of ether oxygens (including phenoxy) is 2. The molecule has 2 N–H and O–H groups in total. The van der Waals surface area contributed by atoms with Gasteiger partial charge in [0.05, 0.1) is 18.6 Å². The summed E-state index contributed by atoms with van der Waals surface area (Å²) in [5.41, 5.74) is -0.791. The maximum Gasteiger partial charge on any atom is 0.311 e. The number of methoxy groups -OCH3 is 1. The molecule has 0 bridgehead atoms. The number of carbonyl (C=O) groups is 2. The molecular weight excluding hydrogens is 250 g/mol. The van der Waals surface area contributed by atoms with Crippen LogP contribution >= 0.6 is 0 Å². The topological polar surface area (TPSA) is 84.9 Å². The summed E-state index contributed by atoms with van der Waals surface area (Å²) in [4.78, 5) is 22.9. The average Bonchev–Trinajstić information content (AvgIpc) is 2.42. The molecule has 0 aromatic carbocycles. The summed E-state index contributed by atoms with van der Waals surface area (Å²) >= 11 is 0. The average molecular weight is 273 g/mol. The predicted octanol–water partition coefficient (Wildman–Crippen LogP) is 0.801. The summed E-state index contributed by atoms with van der Waals surface area (Å²) in [5, 5.41) is 12.0. The molecule has 19 heavy (non-hydrogen) atoms. The molecule has 0 saturated heterocycles. The Kier molecular flexibility index (Phi) is 6.80. The van der Waals surface area contributed by atoms with Crippen molar-refractivity contribution in [3.8, 4) is 0 Å². The van der Waals surface area contributed by atoms with E-state index in [0.29, 0.717) is 26.1 Å². The molecule has 1 aliphatic carbocycles. The fraction of sp³-hybridized carbons (Fsp3) is 0.846. The molecule has 1 aliphatic rings. The quantitative estimate of drug-likeness (QED) is 0.639. The van der Waals surface area contributed by atoms with Crippen molar-refractivity contribution in [3.05, 3.63) is 0 Å². The Morgan fingerprint density at radius 1 is 1.21 bits per heavy atom. The Bertz CT molecular complexity index is 299. The van der Waals surface area contributed by atoms with Gasteiger partial charge in [-0.3, -0.25) is 9.59 Å². The number of nitrogens with one attached hydrogen (secondary N) is 1. The molecule has 0 aromatic rings. The Morgan fingerprint density at radius 2 is 1.89 bits per heavy atom. The van der Waals surface area contributed by atoms with Crippen LogP contribution in [0.1, 0.15) is 32.1 Å². The minimum atomic E-state index is -0.812. The van der Waals surface area contributed by atoms with E-state index in [9.17, 15) is 14.7 Å². The van der Waals surface area contributed by atoms with Crippen LogP contribution in [0.4, 0.5) is 0 Å². The zero-order valence-corrected chi connectivity index (χ0v) is 11.4. The van der Waals surface area contributed by atoms with E-state index in [-0.39, 0.29) is 19.1 Å². The van der Waals surface area contributed by atoms with Crippen molar-refractivity contribution < 1.29 is 24.2 Å². The van der Waals surface area contributed by atoms with E-state index in [0.717, 1.165) is 19.3 Å². The number of carboxylic acids is 1. The van der Waals surface area contributed by atoms with Crippen LogP contribution in [0.2, 0.25) is 0 Å². The van der Waals surface area contributed by atoms with Crippen LogP contribution < -0.4 is 5.32 Å². The van der Waals surface area contributed by atoms with Gasteiger partial charge in [0.15, 0.2) is 0 Å². The van der Waals surface area contributed by atoms with Gasteiger partial charge in [-0.25, -0.2) is 0 Å². The van der Waals surface area contributed by atoms with Gasteiger partial charge in [-0.2, -0.15) is 0 Å². The molecular formula is C13H23NO5. The highest BCUT2D eigenvalue weighted by atomic mass is 16.5. The molecule has 0 heterocycles. The highest BCUT2D eigenvalue weighted by molar-refractivity contribution is 5.79. The number of amides is 1. The van der Waals surface area contributed by atoms with Gasteiger partial charge in [0, 0.05) is 13.7 Å². The first kappa shape index (κ1) is 15.9. The lowest BCUT2D eigenvalue weighted by atomic mass is 9.74. The second-order valence-corrected chi connectivity index (χ2v) is 4.97. The standard InChI is InChI=1S/C13H23NO5/c1-18-7-8-19-9-11(15)14-10-13(12(16)17)5-3-2-4-6-13/h2-10H2,1H3,(H,14,15)(H,16,17). The van der Waals surface area contributed by atoms with E-state index in [2.05, 4.69) is 5.32 Å². The van der Waals surface area contributed by atoms with Crippen molar-refractivity contribution in [2.24, 2.45) is 5.41 Å². The molecule has 0 atom stereocenters. The SMILES string of the molecule is COCCOCC(=O)NCC1(C(=O)O)CCCCC1. The largest absolute Gasteiger partial charge is 0.481 e. The molecule has 0 spiro atoms. The number of hydrogen-bond acceptors (Lipinski definition) is 4. The van der Waals surface area contributed by atoms with Crippen molar-refractivity contribution in [3.63, 3.8) is 0 Å². The Labute approximate surface area is 113 Å². The van der Waals surface area contributed by atoms with Crippen LogP contribution in [0.15, 0.2) is 0 Å². The first-order valence-corrected chi connectivity index (χ1v) is 6.67. The second kappa shape index (κ2) is 8.12. The zero-order valence-electron chi connectivity index (χ0n) is 11.4. The van der Waals surface area contributed by atoms with E-state index in [1.54, 1.807) is 7.11 Å². The fourth-order valence-corrected chi connectivity index (χ4v) is 2.32. The molecule has 1 rings (SSSR count). The van der Waals surface area contributed by atoms with Gasteiger partial charge in [-0.05, 0) is 12.8 Å². The van der Waals surface area contributed by atoms with Crippen LogP contribution in [-0.2, 0) is 19.1 Å². The maximum absolute atomic E-state index is 11.5. The molecule has 1 fully saturated rings. The smallest absolute Gasteiger partial charge is 0.311 e. The third-order valence-electron chi connectivity index (χ3n) is 3.55. The van der Waals surface area contributed by atoms with Crippen molar-refractivity contribution in [1.29, 1.82) is 0 Å². The van der Waals surface area contributed by atoms with E-state index in [1.165, 1.54) is 0 Å². The minimum absolute atomic E-state index is 0.0565. The van der Waals surface area contributed by atoms with E-state index in [1.807, 2.05) is 0 Å². The van der Waals surface area contributed by atoms with Crippen molar-refractivity contribution in [2.75, 3.05) is 33.5 Å². The lowest BCUT2D eigenvalue weighted by Crippen LogP contribution is -2.45. The van der Waals surface area contributed by atoms with Crippen molar-refractivity contribution in [2.45, 2.75) is 32.1 Å². The number of hydrogen-bond donors (Lipinski definition) is 2. The van der Waals surface area contributed by atoms with Crippen molar-refractivity contribution in [1.82, 2.24) is 5.32 Å². The van der Waals surface area contributed by atoms with Gasteiger partial charge >= 0.3 is 5.97 Å². The summed E-state index contributed by atoms with van der Waals surface area (Å²) < 4.78 is 9.88. The van der Waals surface area contributed by atoms with E-state index >= 15 is 0 Å². The highest BCUT2D eigenvalue weighted by Gasteiger charge is 2.39. The van der Waals surface area contributed by atoms with Crippen LogP contribution in [0.5, 0.6) is 0 Å². The monoisotopic (exact) mass is 273 g/mol. The number of carboxylic acid groups (broad SMARTS) is 1. The first-order chi connectivity index (χ1) is 9.10. The molecule has 0 unspecified atom stereocenters. The van der Waals surface area contributed by atoms with Crippen LogP contribution in [0, 0.1) is 5.41 Å². The fourth-order valence-electron chi connectivity index (χ4n) is 2.32. The maximum atomic E-state index is 11.5. The minimum Gasteiger partial charge on any atom is -0.481 e. The molecule has 0 aliphatic heterocycles. The number of carbonyl (C=O) groups excluding carboxylic acids is 1. The van der Waals surface area contributed by atoms with Crippen LogP contribution in [-0.4, -0.2) is 50.5 Å². The third-order valence-corrected chi connectivity index (χ3v) is 3.55. The molecule has 6 heteroatoms. The lowest BCUT2D eigenvalue weighted by molar-refractivity contribution is -0.151. The Hall–Kier alpha value is -1.14. The third kappa shape index (κ3) is 5.16. The molecule has 110 valence electrons. The number of rotatable bonds is 8. The van der Waals surface area contributed by atoms with Gasteiger partial charge in [0.1, 0.15) is 6.61 Å². The van der Waals surface area contributed by atoms with Crippen LogP contribution in [0.3, 0.4) is 0 Å². The van der Waals surface area contributed by atoms with Crippen molar-refractivity contribution >= 4 is 11.9 Å². The molecule has 1 amide bonds. The predicted molar refractivity (Wildman–Crippen MR) is 68.9 cm³/mol. The zero-order chi connectivity index (χ0) is 14.1. The summed E-state index contributed by atoms with van der Waals surface area (Å²) in [6, 6.07) is 0. The second-order valence-electron chi connectivity index (χ2n) is 4.97. The Balaban J connectivity index is 2.31. The Morgan fingerprint density at radius 3 is 2.47 bits per heavy atom. The summed E-state index contributed by atoms with van der Waals surface area (Å²) in [6.07, 6.45) is 4.16.